The van der Waals surface area contributed by atoms with Gasteiger partial charge in [0, 0.05) is 17.2 Å². The van der Waals surface area contributed by atoms with E-state index < -0.39 is 0 Å². The third kappa shape index (κ3) is 3.98. The van der Waals surface area contributed by atoms with Crippen molar-refractivity contribution in [2.24, 2.45) is 0 Å². The number of ether oxygens (including phenoxy) is 1. The van der Waals surface area contributed by atoms with E-state index >= 15 is 0 Å². The monoisotopic (exact) mass is 389 g/mol. The van der Waals surface area contributed by atoms with Crippen LogP contribution in [0.1, 0.15) is 30.7 Å². The van der Waals surface area contributed by atoms with Gasteiger partial charge in [-0.1, -0.05) is 35.5 Å². The second-order valence-electron chi connectivity index (χ2n) is 5.75. The quantitative estimate of drug-likeness (QED) is 0.655. The minimum atomic E-state index is -0.101. The SMILES string of the molecule is Nc1nc(SCc2ncc(-c3cccc(Cl)c3)o2)nc(C2CCCO2)n1. The number of nitrogens with zero attached hydrogens (tertiary/aromatic N) is 4. The summed E-state index contributed by atoms with van der Waals surface area (Å²) in [4.78, 5) is 17.1. The maximum Gasteiger partial charge on any atom is 0.224 e. The van der Waals surface area contributed by atoms with Crippen LogP contribution in [0.4, 0.5) is 5.95 Å². The largest absolute Gasteiger partial charge is 0.440 e. The van der Waals surface area contributed by atoms with Crippen LogP contribution in [0.15, 0.2) is 40.0 Å². The number of hydrogen-bond donors (Lipinski definition) is 1. The van der Waals surface area contributed by atoms with E-state index in [2.05, 4.69) is 19.9 Å². The molecular formula is C17H16ClN5O2S. The molecule has 2 N–H and O–H groups in total. The number of aromatic nitrogens is 4. The Morgan fingerprint density at radius 3 is 3.00 bits per heavy atom. The van der Waals surface area contributed by atoms with Crippen LogP contribution < -0.4 is 5.73 Å². The van der Waals surface area contributed by atoms with Crippen LogP contribution in [-0.4, -0.2) is 26.5 Å². The van der Waals surface area contributed by atoms with Crippen LogP contribution in [-0.2, 0) is 10.5 Å². The van der Waals surface area contributed by atoms with Crippen molar-refractivity contribution in [3.63, 3.8) is 0 Å². The lowest BCUT2D eigenvalue weighted by Crippen LogP contribution is -2.08. The molecule has 4 rings (SSSR count). The molecular weight excluding hydrogens is 374 g/mol. The molecule has 0 spiro atoms. The summed E-state index contributed by atoms with van der Waals surface area (Å²) in [7, 11) is 0. The predicted octanol–water partition coefficient (Wildman–Crippen LogP) is 3.91. The van der Waals surface area contributed by atoms with Crippen molar-refractivity contribution in [2.45, 2.75) is 29.9 Å². The van der Waals surface area contributed by atoms with E-state index in [1.54, 1.807) is 6.20 Å². The number of nitrogen functional groups attached to an aromatic ring is 1. The summed E-state index contributed by atoms with van der Waals surface area (Å²) in [6, 6.07) is 7.44. The normalized spacial score (nSPS) is 16.9. The number of nitrogens with two attached hydrogens (primary N) is 1. The zero-order chi connectivity index (χ0) is 17.9. The summed E-state index contributed by atoms with van der Waals surface area (Å²) in [5.74, 6) is 2.50. The van der Waals surface area contributed by atoms with Gasteiger partial charge in [0.15, 0.2) is 16.7 Å². The van der Waals surface area contributed by atoms with E-state index in [4.69, 9.17) is 26.5 Å². The molecule has 0 bridgehead atoms. The lowest BCUT2D eigenvalue weighted by Gasteiger charge is -2.09. The molecule has 7 nitrogen and oxygen atoms in total. The molecule has 0 radical (unpaired) electrons. The van der Waals surface area contributed by atoms with Crippen LogP contribution in [0.25, 0.3) is 11.3 Å². The summed E-state index contributed by atoms with van der Waals surface area (Å²) in [6.07, 6.45) is 3.48. The Kier molecular flexibility index (Phi) is 5.05. The molecule has 134 valence electrons. The Morgan fingerprint density at radius 1 is 1.27 bits per heavy atom. The van der Waals surface area contributed by atoms with Crippen LogP contribution in [0.5, 0.6) is 0 Å². The van der Waals surface area contributed by atoms with E-state index in [0.29, 0.717) is 33.4 Å². The van der Waals surface area contributed by atoms with Gasteiger partial charge in [0.05, 0.1) is 11.9 Å². The standard InChI is InChI=1S/C17H16ClN5O2S/c18-11-4-1-3-10(7-11)13-8-20-14(25-13)9-26-17-22-15(21-16(19)23-17)12-5-2-6-24-12/h1,3-4,7-8,12H,2,5-6,9H2,(H2,19,21,22,23). The smallest absolute Gasteiger partial charge is 0.224 e. The first-order valence-corrected chi connectivity index (χ1v) is 9.50. The van der Waals surface area contributed by atoms with Gasteiger partial charge in [-0.05, 0) is 25.0 Å². The third-order valence-electron chi connectivity index (χ3n) is 3.85. The van der Waals surface area contributed by atoms with Crippen LogP contribution in [0.2, 0.25) is 5.02 Å². The van der Waals surface area contributed by atoms with Crippen molar-refractivity contribution in [2.75, 3.05) is 12.3 Å². The summed E-state index contributed by atoms with van der Waals surface area (Å²) in [6.45, 7) is 0.724. The minimum absolute atomic E-state index is 0.101. The van der Waals surface area contributed by atoms with Gasteiger partial charge in [0.2, 0.25) is 11.8 Å². The van der Waals surface area contributed by atoms with Crippen molar-refractivity contribution in [3.05, 3.63) is 47.2 Å². The molecule has 1 aromatic carbocycles. The number of oxazole rings is 1. The number of halogens is 1. The summed E-state index contributed by atoms with van der Waals surface area (Å²) >= 11 is 7.41. The molecule has 9 heteroatoms. The maximum atomic E-state index is 6.02. The Bertz CT molecular complexity index is 914. The second kappa shape index (κ2) is 7.61. The first-order chi connectivity index (χ1) is 12.7. The minimum Gasteiger partial charge on any atom is -0.440 e. The zero-order valence-electron chi connectivity index (χ0n) is 13.8. The highest BCUT2D eigenvalue weighted by Gasteiger charge is 2.22. The van der Waals surface area contributed by atoms with E-state index in [9.17, 15) is 0 Å². The van der Waals surface area contributed by atoms with Gasteiger partial charge in [-0.25, -0.2) is 9.97 Å². The van der Waals surface area contributed by atoms with Gasteiger partial charge in [0.25, 0.3) is 0 Å². The first kappa shape index (κ1) is 17.3. The summed E-state index contributed by atoms with van der Waals surface area (Å²) in [5.41, 5.74) is 6.69. The summed E-state index contributed by atoms with van der Waals surface area (Å²) < 4.78 is 11.4. The molecule has 1 atom stereocenters. The number of hydrogen-bond acceptors (Lipinski definition) is 8. The highest BCUT2D eigenvalue weighted by molar-refractivity contribution is 7.98. The van der Waals surface area contributed by atoms with Gasteiger partial charge in [-0.15, -0.1) is 0 Å². The number of anilines is 1. The van der Waals surface area contributed by atoms with Gasteiger partial charge in [-0.2, -0.15) is 9.97 Å². The Morgan fingerprint density at radius 2 is 2.19 bits per heavy atom. The number of thioether (sulfide) groups is 1. The molecule has 3 heterocycles. The fourth-order valence-electron chi connectivity index (χ4n) is 2.66. The number of rotatable bonds is 5. The van der Waals surface area contributed by atoms with Crippen molar-refractivity contribution in [3.8, 4) is 11.3 Å². The first-order valence-electron chi connectivity index (χ1n) is 8.14. The summed E-state index contributed by atoms with van der Waals surface area (Å²) in [5, 5.41) is 1.18. The molecule has 1 aliphatic rings. The van der Waals surface area contributed by atoms with E-state index in [1.807, 2.05) is 24.3 Å². The maximum absolute atomic E-state index is 6.02. The van der Waals surface area contributed by atoms with E-state index in [-0.39, 0.29) is 12.1 Å². The van der Waals surface area contributed by atoms with Crippen molar-refractivity contribution < 1.29 is 9.15 Å². The Labute approximate surface area is 159 Å². The fraction of sp³-hybridized carbons (Fsp3) is 0.294. The molecule has 1 fully saturated rings. The average Bonchev–Trinajstić information content (AvgIpc) is 3.32. The van der Waals surface area contributed by atoms with Gasteiger partial charge >= 0.3 is 0 Å². The molecule has 1 aliphatic heterocycles. The molecule has 0 saturated carbocycles. The second-order valence-corrected chi connectivity index (χ2v) is 7.13. The third-order valence-corrected chi connectivity index (χ3v) is 4.92. The highest BCUT2D eigenvalue weighted by atomic mass is 35.5. The molecule has 1 saturated heterocycles. The molecule has 3 aromatic rings. The Balaban J connectivity index is 1.46. The number of benzene rings is 1. The molecule has 2 aromatic heterocycles. The van der Waals surface area contributed by atoms with Gasteiger partial charge in [0.1, 0.15) is 6.10 Å². The van der Waals surface area contributed by atoms with Crippen LogP contribution in [0.3, 0.4) is 0 Å². The average molecular weight is 390 g/mol. The predicted molar refractivity (Wildman–Crippen MR) is 98.7 cm³/mol. The van der Waals surface area contributed by atoms with Crippen molar-refractivity contribution in [1.82, 2.24) is 19.9 Å². The van der Waals surface area contributed by atoms with Crippen molar-refractivity contribution in [1.29, 1.82) is 0 Å². The van der Waals surface area contributed by atoms with Gasteiger partial charge < -0.3 is 14.9 Å². The lowest BCUT2D eigenvalue weighted by atomic mass is 10.2. The zero-order valence-corrected chi connectivity index (χ0v) is 15.3. The highest BCUT2D eigenvalue weighted by Crippen LogP contribution is 2.29. The van der Waals surface area contributed by atoms with E-state index in [1.165, 1.54) is 11.8 Å². The van der Waals surface area contributed by atoms with Gasteiger partial charge in [-0.3, -0.25) is 0 Å². The van der Waals surface area contributed by atoms with Crippen LogP contribution in [0, 0.1) is 0 Å². The lowest BCUT2D eigenvalue weighted by molar-refractivity contribution is 0.104. The molecule has 26 heavy (non-hydrogen) atoms. The van der Waals surface area contributed by atoms with Crippen LogP contribution >= 0.6 is 23.4 Å². The van der Waals surface area contributed by atoms with Crippen molar-refractivity contribution >= 4 is 29.3 Å². The molecule has 0 aliphatic carbocycles. The molecule has 0 amide bonds. The van der Waals surface area contributed by atoms with E-state index in [0.717, 1.165) is 25.0 Å². The Hall–Kier alpha value is -2.16. The topological polar surface area (TPSA) is 100.0 Å². The molecule has 1 unspecified atom stereocenters. The fourth-order valence-corrected chi connectivity index (χ4v) is 3.55.